The van der Waals surface area contributed by atoms with Crippen LogP contribution in [-0.2, 0) is 0 Å². The topological polar surface area (TPSA) is 37.8 Å². The summed E-state index contributed by atoms with van der Waals surface area (Å²) in [7, 11) is 0. The number of aromatic nitrogens is 2. The van der Waals surface area contributed by atoms with Crippen molar-refractivity contribution in [1.29, 1.82) is 0 Å². The van der Waals surface area contributed by atoms with Crippen molar-refractivity contribution in [2.45, 2.75) is 6.92 Å². The van der Waals surface area contributed by atoms with Gasteiger partial charge in [0.25, 0.3) is 0 Å². The quantitative estimate of drug-likeness (QED) is 0.653. The van der Waals surface area contributed by atoms with Crippen LogP contribution in [0.4, 0.5) is 11.4 Å². The molecule has 0 amide bonds. The maximum atomic E-state index is 5.91. The van der Waals surface area contributed by atoms with Crippen LogP contribution in [0.3, 0.4) is 0 Å². The summed E-state index contributed by atoms with van der Waals surface area (Å²) in [6.07, 6.45) is 1.55. The fourth-order valence-electron chi connectivity index (χ4n) is 1.22. The van der Waals surface area contributed by atoms with Gasteiger partial charge in [0.2, 0.25) is 5.28 Å². The van der Waals surface area contributed by atoms with Gasteiger partial charge in [-0.15, -0.1) is 0 Å². The number of halogens is 2. The SMILES string of the molecule is Cc1ccc(Nc2cnc(Cl)nc2Cl)cc1. The Balaban J connectivity index is 2.23. The smallest absolute Gasteiger partial charge is 0.223 e. The van der Waals surface area contributed by atoms with Gasteiger partial charge in [0.1, 0.15) is 0 Å². The molecular formula is C11H9Cl2N3. The van der Waals surface area contributed by atoms with E-state index in [1.165, 1.54) is 5.56 Å². The summed E-state index contributed by atoms with van der Waals surface area (Å²) in [6, 6.07) is 7.93. The number of aryl methyl sites for hydroxylation is 1. The Hall–Kier alpha value is -1.32. The van der Waals surface area contributed by atoms with Crippen molar-refractivity contribution < 1.29 is 0 Å². The molecule has 0 aliphatic heterocycles. The van der Waals surface area contributed by atoms with Crippen LogP contribution in [0.15, 0.2) is 30.5 Å². The molecule has 0 radical (unpaired) electrons. The third-order valence-corrected chi connectivity index (χ3v) is 2.51. The summed E-state index contributed by atoms with van der Waals surface area (Å²) in [5, 5.41) is 3.56. The van der Waals surface area contributed by atoms with Crippen molar-refractivity contribution in [2.24, 2.45) is 0 Å². The Morgan fingerprint density at radius 1 is 1.12 bits per heavy atom. The second-order valence-corrected chi connectivity index (χ2v) is 4.03. The van der Waals surface area contributed by atoms with Crippen molar-refractivity contribution in [2.75, 3.05) is 5.32 Å². The predicted molar refractivity (Wildman–Crippen MR) is 66.5 cm³/mol. The van der Waals surface area contributed by atoms with Gasteiger partial charge in [-0.1, -0.05) is 29.3 Å². The molecule has 3 nitrogen and oxygen atoms in total. The lowest BCUT2D eigenvalue weighted by molar-refractivity contribution is 1.17. The molecule has 1 N–H and O–H groups in total. The minimum absolute atomic E-state index is 0.138. The Bertz CT molecular complexity index is 497. The minimum Gasteiger partial charge on any atom is -0.352 e. The highest BCUT2D eigenvalue weighted by molar-refractivity contribution is 6.33. The zero-order valence-corrected chi connectivity index (χ0v) is 10.0. The first-order valence-electron chi connectivity index (χ1n) is 4.67. The largest absolute Gasteiger partial charge is 0.352 e. The van der Waals surface area contributed by atoms with Crippen LogP contribution >= 0.6 is 23.2 Å². The first-order chi connectivity index (χ1) is 7.65. The second-order valence-electron chi connectivity index (χ2n) is 3.33. The van der Waals surface area contributed by atoms with Crippen LogP contribution in [0.2, 0.25) is 10.4 Å². The molecule has 1 heterocycles. The van der Waals surface area contributed by atoms with E-state index in [2.05, 4.69) is 15.3 Å². The van der Waals surface area contributed by atoms with E-state index < -0.39 is 0 Å². The Kier molecular flexibility index (Phi) is 3.27. The first-order valence-corrected chi connectivity index (χ1v) is 5.42. The summed E-state index contributed by atoms with van der Waals surface area (Å²) in [5.74, 6) is 0. The Morgan fingerprint density at radius 2 is 1.81 bits per heavy atom. The summed E-state index contributed by atoms with van der Waals surface area (Å²) >= 11 is 11.5. The first kappa shape index (κ1) is 11.2. The van der Waals surface area contributed by atoms with E-state index in [4.69, 9.17) is 23.2 Å². The molecule has 0 fully saturated rings. The number of rotatable bonds is 2. The van der Waals surface area contributed by atoms with E-state index >= 15 is 0 Å². The van der Waals surface area contributed by atoms with Crippen molar-refractivity contribution in [3.63, 3.8) is 0 Å². The highest BCUT2D eigenvalue weighted by atomic mass is 35.5. The molecule has 5 heteroatoms. The molecule has 0 bridgehead atoms. The standard InChI is InChI=1S/C11H9Cl2N3/c1-7-2-4-8(5-3-7)15-9-6-14-11(13)16-10(9)12/h2-6,15H,1H3. The molecule has 0 atom stereocenters. The number of anilines is 2. The molecule has 2 aromatic rings. The van der Waals surface area contributed by atoms with E-state index in [9.17, 15) is 0 Å². The van der Waals surface area contributed by atoms with Gasteiger partial charge in [-0.25, -0.2) is 9.97 Å². The zero-order valence-electron chi connectivity index (χ0n) is 8.54. The maximum Gasteiger partial charge on any atom is 0.223 e. The fraction of sp³-hybridized carbons (Fsp3) is 0.0909. The van der Waals surface area contributed by atoms with Gasteiger partial charge in [-0.3, -0.25) is 0 Å². The lowest BCUT2D eigenvalue weighted by Gasteiger charge is -2.07. The van der Waals surface area contributed by atoms with Gasteiger partial charge in [-0.2, -0.15) is 0 Å². The van der Waals surface area contributed by atoms with E-state index in [0.717, 1.165) is 5.69 Å². The van der Waals surface area contributed by atoms with Crippen LogP contribution in [-0.4, -0.2) is 9.97 Å². The van der Waals surface area contributed by atoms with Gasteiger partial charge < -0.3 is 5.32 Å². The monoisotopic (exact) mass is 253 g/mol. The van der Waals surface area contributed by atoms with Crippen molar-refractivity contribution in [3.05, 3.63) is 46.5 Å². The lowest BCUT2D eigenvalue weighted by Crippen LogP contribution is -1.94. The summed E-state index contributed by atoms with van der Waals surface area (Å²) in [6.45, 7) is 2.03. The van der Waals surface area contributed by atoms with E-state index in [-0.39, 0.29) is 5.28 Å². The van der Waals surface area contributed by atoms with Crippen LogP contribution in [0.1, 0.15) is 5.56 Å². The summed E-state index contributed by atoms with van der Waals surface area (Å²) in [4.78, 5) is 7.71. The minimum atomic E-state index is 0.138. The second kappa shape index (κ2) is 4.68. The van der Waals surface area contributed by atoms with Gasteiger partial charge >= 0.3 is 0 Å². The highest BCUT2D eigenvalue weighted by Crippen LogP contribution is 2.23. The summed E-state index contributed by atoms with van der Waals surface area (Å²) in [5.41, 5.74) is 2.76. The fourth-order valence-corrected chi connectivity index (χ4v) is 1.57. The molecule has 0 unspecified atom stereocenters. The van der Waals surface area contributed by atoms with E-state index in [0.29, 0.717) is 10.8 Å². The van der Waals surface area contributed by atoms with Crippen LogP contribution in [0, 0.1) is 6.92 Å². The lowest BCUT2D eigenvalue weighted by atomic mass is 10.2. The number of nitrogens with zero attached hydrogens (tertiary/aromatic N) is 2. The van der Waals surface area contributed by atoms with Gasteiger partial charge in [0.15, 0.2) is 5.15 Å². The van der Waals surface area contributed by atoms with Gasteiger partial charge in [0, 0.05) is 5.69 Å². The molecule has 0 saturated carbocycles. The maximum absolute atomic E-state index is 5.91. The van der Waals surface area contributed by atoms with Gasteiger partial charge in [0.05, 0.1) is 11.9 Å². The number of hydrogen-bond acceptors (Lipinski definition) is 3. The Morgan fingerprint density at radius 3 is 2.44 bits per heavy atom. The molecule has 0 aliphatic carbocycles. The molecule has 0 aliphatic rings. The van der Waals surface area contributed by atoms with Crippen molar-refractivity contribution in [3.8, 4) is 0 Å². The predicted octanol–water partition coefficient (Wildman–Crippen LogP) is 3.84. The highest BCUT2D eigenvalue weighted by Gasteiger charge is 2.03. The number of hydrogen-bond donors (Lipinski definition) is 1. The molecular weight excluding hydrogens is 245 g/mol. The third kappa shape index (κ3) is 2.62. The van der Waals surface area contributed by atoms with E-state index in [1.54, 1.807) is 6.20 Å². The van der Waals surface area contributed by atoms with Crippen LogP contribution in [0.25, 0.3) is 0 Å². The summed E-state index contributed by atoms with van der Waals surface area (Å²) < 4.78 is 0. The van der Waals surface area contributed by atoms with E-state index in [1.807, 2.05) is 31.2 Å². The molecule has 82 valence electrons. The number of nitrogens with one attached hydrogen (secondary N) is 1. The molecule has 2 rings (SSSR count). The average Bonchev–Trinajstić information content (AvgIpc) is 2.25. The molecule has 0 spiro atoms. The van der Waals surface area contributed by atoms with Gasteiger partial charge in [-0.05, 0) is 30.7 Å². The zero-order chi connectivity index (χ0) is 11.5. The molecule has 1 aromatic carbocycles. The van der Waals surface area contributed by atoms with Crippen LogP contribution in [0.5, 0.6) is 0 Å². The molecule has 0 saturated heterocycles. The van der Waals surface area contributed by atoms with Crippen molar-refractivity contribution >= 4 is 34.6 Å². The third-order valence-electron chi connectivity index (χ3n) is 2.04. The van der Waals surface area contributed by atoms with Crippen molar-refractivity contribution in [1.82, 2.24) is 9.97 Å². The molecule has 16 heavy (non-hydrogen) atoms. The normalized spacial score (nSPS) is 10.2. The average molecular weight is 254 g/mol. The van der Waals surface area contributed by atoms with Crippen LogP contribution < -0.4 is 5.32 Å². The molecule has 1 aromatic heterocycles. The number of benzene rings is 1. The Labute approximate surface area is 103 Å².